The largest absolute Gasteiger partial charge is 0.321 e. The molecular weight excluding hydrogens is 207 g/mol. The number of hydrogen-bond donors (Lipinski definition) is 1. The van der Waals surface area contributed by atoms with Gasteiger partial charge in [0.2, 0.25) is 0 Å². The molecule has 1 unspecified atom stereocenters. The lowest BCUT2D eigenvalue weighted by molar-refractivity contribution is 0.622. The minimum Gasteiger partial charge on any atom is -0.321 e. The summed E-state index contributed by atoms with van der Waals surface area (Å²) in [5.74, 6) is 0.376. The molecule has 16 heavy (non-hydrogen) atoms. The average Bonchev–Trinajstić information content (AvgIpc) is 2.70. The van der Waals surface area contributed by atoms with Crippen LogP contribution >= 0.6 is 0 Å². The number of aromatic nitrogens is 3. The van der Waals surface area contributed by atoms with E-state index in [9.17, 15) is 4.39 Å². The van der Waals surface area contributed by atoms with Gasteiger partial charge in [-0.25, -0.2) is 14.1 Å². The highest BCUT2D eigenvalue weighted by Crippen LogP contribution is 2.06. The maximum atomic E-state index is 12.7. The Morgan fingerprint density at radius 1 is 1.38 bits per heavy atom. The monoisotopic (exact) mass is 220 g/mol. The molecule has 2 rings (SSSR count). The molecule has 1 aromatic heterocycles. The summed E-state index contributed by atoms with van der Waals surface area (Å²) >= 11 is 0. The Kier molecular flexibility index (Phi) is 2.96. The van der Waals surface area contributed by atoms with Gasteiger partial charge in [0.1, 0.15) is 12.1 Å². The van der Waals surface area contributed by atoms with Crippen molar-refractivity contribution < 1.29 is 4.39 Å². The molecule has 84 valence electrons. The second-order valence-electron chi connectivity index (χ2n) is 3.72. The average molecular weight is 220 g/mol. The van der Waals surface area contributed by atoms with Gasteiger partial charge in [-0.05, 0) is 24.6 Å². The standard InChI is InChI=1S/C11H13FN4/c1-8(13)11-14-7-16(15-11)6-9-2-4-10(12)5-3-9/h2-5,7-8H,6,13H2,1H3. The van der Waals surface area contributed by atoms with Crippen LogP contribution in [0.3, 0.4) is 0 Å². The van der Waals surface area contributed by atoms with E-state index in [0.717, 1.165) is 5.56 Å². The summed E-state index contributed by atoms with van der Waals surface area (Å²) in [6, 6.07) is 6.14. The first-order valence-electron chi connectivity index (χ1n) is 5.04. The summed E-state index contributed by atoms with van der Waals surface area (Å²) in [5.41, 5.74) is 6.63. The first-order valence-corrected chi connectivity index (χ1v) is 5.04. The van der Waals surface area contributed by atoms with Crippen LogP contribution in [0.5, 0.6) is 0 Å². The fraction of sp³-hybridized carbons (Fsp3) is 0.273. The van der Waals surface area contributed by atoms with Crippen LogP contribution in [0.15, 0.2) is 30.6 Å². The summed E-state index contributed by atoms with van der Waals surface area (Å²) in [5, 5.41) is 4.21. The van der Waals surface area contributed by atoms with Gasteiger partial charge in [0.25, 0.3) is 0 Å². The lowest BCUT2D eigenvalue weighted by Gasteiger charge is -2.01. The van der Waals surface area contributed by atoms with Crippen molar-refractivity contribution in [2.24, 2.45) is 5.73 Å². The van der Waals surface area contributed by atoms with Crippen molar-refractivity contribution in [2.45, 2.75) is 19.5 Å². The summed E-state index contributed by atoms with van der Waals surface area (Å²) in [6.07, 6.45) is 1.63. The topological polar surface area (TPSA) is 56.7 Å². The van der Waals surface area contributed by atoms with E-state index in [1.807, 2.05) is 6.92 Å². The maximum Gasteiger partial charge on any atom is 0.166 e. The van der Waals surface area contributed by atoms with E-state index in [0.29, 0.717) is 12.4 Å². The van der Waals surface area contributed by atoms with Gasteiger partial charge >= 0.3 is 0 Å². The van der Waals surface area contributed by atoms with E-state index in [1.54, 1.807) is 23.1 Å². The molecule has 0 aliphatic rings. The van der Waals surface area contributed by atoms with Gasteiger partial charge in [0.05, 0.1) is 12.6 Å². The van der Waals surface area contributed by atoms with Gasteiger partial charge in [-0.3, -0.25) is 0 Å². The third-order valence-corrected chi connectivity index (χ3v) is 2.22. The van der Waals surface area contributed by atoms with Crippen molar-refractivity contribution in [3.63, 3.8) is 0 Å². The summed E-state index contributed by atoms with van der Waals surface area (Å²) in [7, 11) is 0. The third kappa shape index (κ3) is 2.43. The molecule has 0 saturated carbocycles. The number of nitrogens with zero attached hydrogens (tertiary/aromatic N) is 3. The maximum absolute atomic E-state index is 12.7. The smallest absolute Gasteiger partial charge is 0.166 e. The summed E-state index contributed by atoms with van der Waals surface area (Å²) in [6.45, 7) is 2.40. The zero-order chi connectivity index (χ0) is 11.5. The lowest BCUT2D eigenvalue weighted by atomic mass is 10.2. The van der Waals surface area contributed by atoms with E-state index in [1.165, 1.54) is 12.1 Å². The quantitative estimate of drug-likeness (QED) is 0.852. The van der Waals surface area contributed by atoms with Crippen LogP contribution in [0, 0.1) is 5.82 Å². The van der Waals surface area contributed by atoms with Gasteiger partial charge in [0, 0.05) is 0 Å². The molecule has 0 aliphatic heterocycles. The minimum absolute atomic E-state index is 0.172. The lowest BCUT2D eigenvalue weighted by Crippen LogP contribution is -2.08. The van der Waals surface area contributed by atoms with Crippen molar-refractivity contribution in [3.05, 3.63) is 47.8 Å². The van der Waals surface area contributed by atoms with Crippen LogP contribution in [0.4, 0.5) is 4.39 Å². The van der Waals surface area contributed by atoms with Gasteiger partial charge in [-0.1, -0.05) is 12.1 Å². The number of nitrogens with two attached hydrogens (primary N) is 1. The van der Waals surface area contributed by atoms with Gasteiger partial charge < -0.3 is 5.73 Å². The minimum atomic E-state index is -0.237. The predicted molar refractivity (Wildman–Crippen MR) is 58.1 cm³/mol. The second kappa shape index (κ2) is 4.40. The SMILES string of the molecule is CC(N)c1ncn(Cc2ccc(F)cc2)n1. The van der Waals surface area contributed by atoms with Gasteiger partial charge in [-0.15, -0.1) is 0 Å². The Morgan fingerprint density at radius 2 is 2.06 bits per heavy atom. The number of hydrogen-bond acceptors (Lipinski definition) is 3. The molecule has 4 nitrogen and oxygen atoms in total. The Hall–Kier alpha value is -1.75. The summed E-state index contributed by atoms with van der Waals surface area (Å²) in [4.78, 5) is 4.08. The highest BCUT2D eigenvalue weighted by atomic mass is 19.1. The molecule has 0 radical (unpaired) electrons. The van der Waals surface area contributed by atoms with Crippen molar-refractivity contribution >= 4 is 0 Å². The predicted octanol–water partition coefficient (Wildman–Crippen LogP) is 1.49. The Morgan fingerprint density at radius 3 is 2.62 bits per heavy atom. The molecule has 0 fully saturated rings. The van der Waals surface area contributed by atoms with Crippen molar-refractivity contribution in [2.75, 3.05) is 0 Å². The summed E-state index contributed by atoms with van der Waals surface area (Å²) < 4.78 is 14.4. The molecule has 1 atom stereocenters. The molecule has 1 heterocycles. The van der Waals surface area contributed by atoms with Crippen LogP contribution in [-0.2, 0) is 6.54 Å². The van der Waals surface area contributed by atoms with E-state index in [-0.39, 0.29) is 11.9 Å². The Balaban J connectivity index is 2.11. The molecule has 0 amide bonds. The highest BCUT2D eigenvalue weighted by Gasteiger charge is 2.05. The van der Waals surface area contributed by atoms with Crippen molar-refractivity contribution in [3.8, 4) is 0 Å². The molecule has 2 N–H and O–H groups in total. The van der Waals surface area contributed by atoms with Gasteiger partial charge in [-0.2, -0.15) is 5.10 Å². The fourth-order valence-electron chi connectivity index (χ4n) is 1.37. The number of halogens is 1. The van der Waals surface area contributed by atoms with Gasteiger partial charge in [0.15, 0.2) is 5.82 Å². The molecule has 0 saturated heterocycles. The van der Waals surface area contributed by atoms with Crippen LogP contribution < -0.4 is 5.73 Å². The highest BCUT2D eigenvalue weighted by molar-refractivity contribution is 5.16. The molecule has 5 heteroatoms. The first kappa shape index (κ1) is 10.8. The molecule has 0 aliphatic carbocycles. The molecule has 0 spiro atoms. The zero-order valence-electron chi connectivity index (χ0n) is 8.97. The molecular formula is C11H13FN4. The van der Waals surface area contributed by atoms with Crippen LogP contribution in [-0.4, -0.2) is 14.8 Å². The normalized spacial score (nSPS) is 12.7. The molecule has 0 bridgehead atoms. The first-order chi connectivity index (χ1) is 7.65. The second-order valence-corrected chi connectivity index (χ2v) is 3.72. The Labute approximate surface area is 92.9 Å². The number of rotatable bonds is 3. The van der Waals surface area contributed by atoms with Crippen molar-refractivity contribution in [1.29, 1.82) is 0 Å². The van der Waals surface area contributed by atoms with Crippen LogP contribution in [0.2, 0.25) is 0 Å². The van der Waals surface area contributed by atoms with Crippen LogP contribution in [0.1, 0.15) is 24.4 Å². The number of benzene rings is 1. The zero-order valence-corrected chi connectivity index (χ0v) is 8.97. The molecule has 2 aromatic rings. The van der Waals surface area contributed by atoms with E-state index >= 15 is 0 Å². The molecule has 1 aromatic carbocycles. The van der Waals surface area contributed by atoms with E-state index in [2.05, 4.69) is 10.1 Å². The van der Waals surface area contributed by atoms with Crippen molar-refractivity contribution in [1.82, 2.24) is 14.8 Å². The van der Waals surface area contributed by atoms with Crippen LogP contribution in [0.25, 0.3) is 0 Å². The third-order valence-electron chi connectivity index (χ3n) is 2.22. The van der Waals surface area contributed by atoms with E-state index < -0.39 is 0 Å². The van der Waals surface area contributed by atoms with E-state index in [4.69, 9.17) is 5.73 Å². The fourth-order valence-corrected chi connectivity index (χ4v) is 1.37. The Bertz CT molecular complexity index is 461.